The normalized spacial score (nSPS) is 20.1. The molecule has 1 amide bonds. The minimum absolute atomic E-state index is 0.0894. The van der Waals surface area contributed by atoms with E-state index in [1.807, 2.05) is 4.90 Å². The summed E-state index contributed by atoms with van der Waals surface area (Å²) in [7, 11) is 0. The van der Waals surface area contributed by atoms with Crippen LogP contribution in [0.3, 0.4) is 0 Å². The monoisotopic (exact) mass is 182 g/mol. The quantitative estimate of drug-likeness (QED) is 0.539. The van der Waals surface area contributed by atoms with Crippen LogP contribution in [0.1, 0.15) is 6.92 Å². The van der Waals surface area contributed by atoms with Gasteiger partial charge in [0.1, 0.15) is 0 Å². The van der Waals surface area contributed by atoms with E-state index in [1.165, 1.54) is 0 Å². The Hall–Kier alpha value is -1.05. The van der Waals surface area contributed by atoms with Gasteiger partial charge in [-0.25, -0.2) is 0 Å². The summed E-state index contributed by atoms with van der Waals surface area (Å²) >= 11 is 0. The minimum Gasteiger partial charge on any atom is -0.388 e. The topological polar surface area (TPSA) is 52.6 Å². The fraction of sp³-hybridized carbons (Fsp3) is 0.667. The van der Waals surface area contributed by atoms with Crippen LogP contribution in [0.5, 0.6) is 0 Å². The summed E-state index contributed by atoms with van der Waals surface area (Å²) in [5.41, 5.74) is -0.619. The van der Waals surface area contributed by atoms with Crippen LogP contribution in [0.15, 0.2) is 0 Å². The van der Waals surface area contributed by atoms with Gasteiger partial charge in [-0.1, -0.05) is 5.92 Å². The molecule has 0 saturated carbocycles. The van der Waals surface area contributed by atoms with Crippen LogP contribution in [0.25, 0.3) is 0 Å². The molecule has 1 saturated heterocycles. The van der Waals surface area contributed by atoms with E-state index in [2.05, 4.69) is 11.2 Å². The first-order chi connectivity index (χ1) is 6.03. The average Bonchev–Trinajstić information content (AvgIpc) is 1.97. The molecule has 1 aliphatic rings. The molecule has 1 rings (SSSR count). The van der Waals surface area contributed by atoms with Crippen LogP contribution in [0.4, 0.5) is 0 Å². The van der Waals surface area contributed by atoms with Crippen LogP contribution >= 0.6 is 0 Å². The minimum atomic E-state index is -0.619. The van der Waals surface area contributed by atoms with E-state index in [9.17, 15) is 9.90 Å². The summed E-state index contributed by atoms with van der Waals surface area (Å²) in [6.07, 6.45) is 4.98. The Morgan fingerprint density at radius 3 is 2.85 bits per heavy atom. The Balaban J connectivity index is 2.14. The lowest BCUT2D eigenvalue weighted by molar-refractivity contribution is -0.129. The van der Waals surface area contributed by atoms with Crippen molar-refractivity contribution in [3.05, 3.63) is 0 Å². The van der Waals surface area contributed by atoms with Crippen molar-refractivity contribution in [2.75, 3.05) is 26.2 Å². The number of rotatable bonds is 3. The molecule has 13 heavy (non-hydrogen) atoms. The predicted octanol–water partition coefficient (Wildman–Crippen LogP) is -1.20. The van der Waals surface area contributed by atoms with Gasteiger partial charge in [0.25, 0.3) is 0 Å². The zero-order valence-electron chi connectivity index (χ0n) is 7.71. The molecule has 1 heterocycles. The molecule has 1 aliphatic heterocycles. The maximum atomic E-state index is 11.1. The van der Waals surface area contributed by atoms with E-state index >= 15 is 0 Å². The van der Waals surface area contributed by atoms with Crippen LogP contribution in [0, 0.1) is 12.3 Å². The second-order valence-electron chi connectivity index (χ2n) is 3.62. The van der Waals surface area contributed by atoms with E-state index in [0.29, 0.717) is 19.6 Å². The second kappa shape index (κ2) is 3.77. The predicted molar refractivity (Wildman–Crippen MR) is 48.9 cm³/mol. The molecule has 2 N–H and O–H groups in total. The van der Waals surface area contributed by atoms with Crippen molar-refractivity contribution in [3.8, 4) is 12.3 Å². The highest BCUT2D eigenvalue weighted by Gasteiger charge is 2.36. The van der Waals surface area contributed by atoms with Crippen LogP contribution in [-0.4, -0.2) is 47.7 Å². The molecular weight excluding hydrogens is 168 g/mol. The highest BCUT2D eigenvalue weighted by atomic mass is 16.3. The molecule has 0 unspecified atom stereocenters. The third-order valence-corrected chi connectivity index (χ3v) is 1.88. The lowest BCUT2D eigenvalue weighted by Gasteiger charge is -2.43. The zero-order valence-corrected chi connectivity index (χ0v) is 7.71. The van der Waals surface area contributed by atoms with Crippen molar-refractivity contribution >= 4 is 5.91 Å². The van der Waals surface area contributed by atoms with Crippen LogP contribution in [0.2, 0.25) is 0 Å². The molecule has 4 heteroatoms. The summed E-state index contributed by atoms with van der Waals surface area (Å²) in [6, 6.07) is 0. The fourth-order valence-corrected chi connectivity index (χ4v) is 1.44. The van der Waals surface area contributed by atoms with Gasteiger partial charge < -0.3 is 10.4 Å². The first-order valence-corrected chi connectivity index (χ1v) is 4.18. The molecule has 0 aliphatic carbocycles. The molecule has 0 atom stereocenters. The number of nitrogens with zero attached hydrogens (tertiary/aromatic N) is 1. The summed E-state index contributed by atoms with van der Waals surface area (Å²) in [4.78, 5) is 13.0. The molecule has 0 aromatic heterocycles. The van der Waals surface area contributed by atoms with Gasteiger partial charge in [-0.2, -0.15) is 0 Å². The summed E-state index contributed by atoms with van der Waals surface area (Å²) in [5.74, 6) is 2.23. The van der Waals surface area contributed by atoms with Crippen molar-refractivity contribution < 1.29 is 9.90 Å². The average molecular weight is 182 g/mol. The summed E-state index contributed by atoms with van der Waals surface area (Å²) in [6.45, 7) is 3.44. The number of β-amino-alcohol motifs (C(OH)–C–C–N with tert-alkyl or cyclic N) is 1. The van der Waals surface area contributed by atoms with Crippen molar-refractivity contribution in [2.45, 2.75) is 12.5 Å². The van der Waals surface area contributed by atoms with E-state index in [1.54, 1.807) is 6.92 Å². The molecule has 0 radical (unpaired) electrons. The third-order valence-electron chi connectivity index (χ3n) is 1.88. The maximum Gasteiger partial charge on any atom is 0.234 e. The Bertz CT molecular complexity index is 234. The molecule has 1 fully saturated rings. The van der Waals surface area contributed by atoms with Crippen molar-refractivity contribution in [2.24, 2.45) is 0 Å². The summed E-state index contributed by atoms with van der Waals surface area (Å²) in [5, 5.41) is 11.9. The van der Waals surface area contributed by atoms with E-state index < -0.39 is 5.60 Å². The molecule has 4 nitrogen and oxygen atoms in total. The lowest BCUT2D eigenvalue weighted by atomic mass is 9.97. The number of hydrogen-bond acceptors (Lipinski definition) is 3. The van der Waals surface area contributed by atoms with Crippen molar-refractivity contribution in [1.29, 1.82) is 0 Å². The number of carbonyl (C=O) groups is 1. The van der Waals surface area contributed by atoms with Gasteiger partial charge in [-0.15, -0.1) is 6.42 Å². The summed E-state index contributed by atoms with van der Waals surface area (Å²) < 4.78 is 0. The molecule has 0 bridgehead atoms. The van der Waals surface area contributed by atoms with Crippen LogP contribution in [-0.2, 0) is 4.79 Å². The SMILES string of the molecule is C#CCNC(=O)CN1CC(C)(O)C1. The first kappa shape index (κ1) is 10.0. The molecule has 72 valence electrons. The van der Waals surface area contributed by atoms with Gasteiger partial charge in [0.05, 0.1) is 18.7 Å². The van der Waals surface area contributed by atoms with Gasteiger partial charge in [-0.05, 0) is 6.92 Å². The standard InChI is InChI=1S/C9H14N2O2/c1-3-4-10-8(12)5-11-6-9(2,13)7-11/h1,13H,4-7H2,2H3,(H,10,12). The molecule has 0 spiro atoms. The van der Waals surface area contributed by atoms with E-state index in [0.717, 1.165) is 0 Å². The fourth-order valence-electron chi connectivity index (χ4n) is 1.44. The van der Waals surface area contributed by atoms with E-state index in [4.69, 9.17) is 6.42 Å². The number of terminal acetylenes is 1. The molecular formula is C9H14N2O2. The number of carbonyl (C=O) groups excluding carboxylic acids is 1. The molecule has 0 aromatic rings. The number of aliphatic hydroxyl groups is 1. The van der Waals surface area contributed by atoms with Gasteiger partial charge in [0.2, 0.25) is 5.91 Å². The maximum absolute atomic E-state index is 11.1. The third kappa shape index (κ3) is 3.05. The Labute approximate surface area is 77.9 Å². The second-order valence-corrected chi connectivity index (χ2v) is 3.62. The highest BCUT2D eigenvalue weighted by Crippen LogP contribution is 2.18. The van der Waals surface area contributed by atoms with Gasteiger partial charge >= 0.3 is 0 Å². The van der Waals surface area contributed by atoms with Crippen molar-refractivity contribution in [3.63, 3.8) is 0 Å². The van der Waals surface area contributed by atoms with E-state index in [-0.39, 0.29) is 12.5 Å². The number of likely N-dealkylation sites (tertiary alicyclic amines) is 1. The Kier molecular flexibility index (Phi) is 2.91. The van der Waals surface area contributed by atoms with Crippen molar-refractivity contribution in [1.82, 2.24) is 10.2 Å². The van der Waals surface area contributed by atoms with Crippen LogP contribution < -0.4 is 5.32 Å². The highest BCUT2D eigenvalue weighted by molar-refractivity contribution is 5.78. The zero-order chi connectivity index (χ0) is 9.90. The number of hydrogen-bond donors (Lipinski definition) is 2. The number of nitrogens with one attached hydrogen (secondary N) is 1. The molecule has 0 aromatic carbocycles. The van der Waals surface area contributed by atoms with Gasteiger partial charge in [-0.3, -0.25) is 9.69 Å². The lowest BCUT2D eigenvalue weighted by Crippen LogP contribution is -2.61. The Morgan fingerprint density at radius 2 is 2.38 bits per heavy atom. The first-order valence-electron chi connectivity index (χ1n) is 4.18. The largest absolute Gasteiger partial charge is 0.388 e. The van der Waals surface area contributed by atoms with Gasteiger partial charge in [0.15, 0.2) is 0 Å². The number of amides is 1. The Morgan fingerprint density at radius 1 is 1.77 bits per heavy atom. The van der Waals surface area contributed by atoms with Gasteiger partial charge in [0, 0.05) is 13.1 Å². The smallest absolute Gasteiger partial charge is 0.234 e.